The summed E-state index contributed by atoms with van der Waals surface area (Å²) in [6, 6.07) is 8.36. The first-order chi connectivity index (χ1) is 11.9. The Morgan fingerprint density at radius 1 is 1.08 bits per heavy atom. The normalized spacial score (nSPS) is 17.4. The van der Waals surface area contributed by atoms with Crippen molar-refractivity contribution in [2.45, 2.75) is 46.0 Å². The monoisotopic (exact) mass is 360 g/mol. The van der Waals surface area contributed by atoms with Gasteiger partial charge in [0.05, 0.1) is 4.91 Å². The predicted molar refractivity (Wildman–Crippen MR) is 99.9 cm³/mol. The third kappa shape index (κ3) is 5.19. The number of nitrogens with two attached hydrogens (primary N) is 1. The van der Waals surface area contributed by atoms with E-state index < -0.39 is 5.91 Å². The predicted octanol–water partition coefficient (Wildman–Crippen LogP) is 3.69. The van der Waals surface area contributed by atoms with Crippen LogP contribution in [-0.2, 0) is 9.59 Å². The number of primary amides is 1. The Hall–Kier alpha value is -2.08. The number of carbonyl (C=O) groups is 3. The van der Waals surface area contributed by atoms with Crippen LogP contribution in [0.2, 0.25) is 0 Å². The number of hydrogen-bond donors (Lipinski definition) is 1. The molecule has 1 saturated heterocycles. The summed E-state index contributed by atoms with van der Waals surface area (Å²) in [5.74, 6) is -1.02. The minimum atomic E-state index is -0.665. The fourth-order valence-corrected chi connectivity index (χ4v) is 3.75. The van der Waals surface area contributed by atoms with Gasteiger partial charge in [0.15, 0.2) is 0 Å². The van der Waals surface area contributed by atoms with E-state index in [1.54, 1.807) is 0 Å². The largest absolute Gasteiger partial charge is 0.368 e. The van der Waals surface area contributed by atoms with Crippen molar-refractivity contribution in [1.82, 2.24) is 4.90 Å². The molecule has 2 N–H and O–H groups in total. The molecule has 1 aliphatic carbocycles. The van der Waals surface area contributed by atoms with Gasteiger partial charge in [-0.15, -0.1) is 0 Å². The number of aryl methyl sites for hydroxylation is 2. The van der Waals surface area contributed by atoms with E-state index in [1.807, 2.05) is 0 Å². The van der Waals surface area contributed by atoms with Crippen molar-refractivity contribution < 1.29 is 14.4 Å². The van der Waals surface area contributed by atoms with E-state index >= 15 is 0 Å². The molecule has 134 valence electrons. The van der Waals surface area contributed by atoms with Gasteiger partial charge in [-0.3, -0.25) is 19.3 Å². The molecule has 0 unspecified atom stereocenters. The lowest BCUT2D eigenvalue weighted by molar-refractivity contribution is -0.128. The fourth-order valence-electron chi connectivity index (χ4n) is 2.78. The first kappa shape index (κ1) is 19.2. The van der Waals surface area contributed by atoms with E-state index in [9.17, 15) is 14.4 Å². The minimum Gasteiger partial charge on any atom is -0.368 e. The minimum absolute atomic E-state index is 0.318. The van der Waals surface area contributed by atoms with Crippen LogP contribution in [0, 0.1) is 13.8 Å². The number of imide groups is 1. The van der Waals surface area contributed by atoms with Crippen molar-refractivity contribution >= 4 is 28.8 Å². The van der Waals surface area contributed by atoms with Crippen LogP contribution in [0.15, 0.2) is 34.7 Å². The van der Waals surface area contributed by atoms with Crippen molar-refractivity contribution in [3.8, 4) is 0 Å². The molecule has 0 spiro atoms. The summed E-state index contributed by atoms with van der Waals surface area (Å²) in [5, 5.41) is -0.387. The first-order valence-corrected chi connectivity index (χ1v) is 9.28. The average molecular weight is 360 g/mol. The first-order valence-electron chi connectivity index (χ1n) is 8.46. The number of benzene rings is 1. The summed E-state index contributed by atoms with van der Waals surface area (Å²) >= 11 is 0.940. The highest BCUT2D eigenvalue weighted by molar-refractivity contribution is 8.18. The highest BCUT2D eigenvalue weighted by Gasteiger charge is 2.37. The Bertz CT molecular complexity index is 683. The molecular weight excluding hydrogens is 336 g/mol. The quantitative estimate of drug-likeness (QED) is 0.816. The number of hydrogen-bond acceptors (Lipinski definition) is 4. The Labute approximate surface area is 152 Å². The summed E-state index contributed by atoms with van der Waals surface area (Å²) < 4.78 is 0. The van der Waals surface area contributed by atoms with Crippen LogP contribution in [0.25, 0.3) is 0 Å². The van der Waals surface area contributed by atoms with Gasteiger partial charge in [-0.1, -0.05) is 36.3 Å². The number of rotatable bonds is 2. The molecule has 0 bridgehead atoms. The molecule has 0 atom stereocenters. The Morgan fingerprint density at radius 3 is 2.12 bits per heavy atom. The molecule has 0 radical (unpaired) electrons. The zero-order valence-corrected chi connectivity index (χ0v) is 15.5. The number of thioether (sulfide) groups is 1. The topological polar surface area (TPSA) is 80.5 Å². The number of nitrogens with zero attached hydrogens (tertiary/aromatic N) is 1. The SMILES string of the molecule is Cc1ccccc1C.NC(=O)CN1C(=O)SC(=C2CCCCC2)C1=O. The molecule has 25 heavy (non-hydrogen) atoms. The van der Waals surface area contributed by atoms with Crippen LogP contribution in [0.3, 0.4) is 0 Å². The molecule has 1 saturated carbocycles. The van der Waals surface area contributed by atoms with Crippen LogP contribution in [0.1, 0.15) is 43.2 Å². The van der Waals surface area contributed by atoms with Crippen LogP contribution in [0.5, 0.6) is 0 Å². The van der Waals surface area contributed by atoms with Crippen LogP contribution in [-0.4, -0.2) is 28.5 Å². The van der Waals surface area contributed by atoms with Crippen molar-refractivity contribution in [3.63, 3.8) is 0 Å². The van der Waals surface area contributed by atoms with E-state index in [-0.39, 0.29) is 17.7 Å². The molecular formula is C19H24N2O3S. The molecule has 1 aliphatic heterocycles. The van der Waals surface area contributed by atoms with Crippen LogP contribution < -0.4 is 5.73 Å². The van der Waals surface area contributed by atoms with Gasteiger partial charge in [-0.05, 0) is 62.4 Å². The van der Waals surface area contributed by atoms with Crippen molar-refractivity contribution in [1.29, 1.82) is 0 Å². The summed E-state index contributed by atoms with van der Waals surface area (Å²) in [7, 11) is 0. The second-order valence-corrected chi connectivity index (χ2v) is 7.26. The lowest BCUT2D eigenvalue weighted by Gasteiger charge is -2.15. The molecule has 3 amide bonds. The van der Waals surface area contributed by atoms with Gasteiger partial charge in [0.1, 0.15) is 6.54 Å². The van der Waals surface area contributed by atoms with Gasteiger partial charge in [0.2, 0.25) is 5.91 Å². The van der Waals surface area contributed by atoms with E-state index in [0.29, 0.717) is 4.91 Å². The summed E-state index contributed by atoms with van der Waals surface area (Å²) in [5.41, 5.74) is 8.81. The molecule has 6 heteroatoms. The second-order valence-electron chi connectivity index (χ2n) is 6.30. The van der Waals surface area contributed by atoms with Gasteiger partial charge in [0, 0.05) is 0 Å². The van der Waals surface area contributed by atoms with Crippen LogP contribution in [0.4, 0.5) is 4.79 Å². The third-order valence-corrected chi connectivity index (χ3v) is 5.43. The molecule has 0 aromatic heterocycles. The lowest BCUT2D eigenvalue weighted by atomic mass is 9.94. The Kier molecular flexibility index (Phi) is 6.82. The maximum Gasteiger partial charge on any atom is 0.294 e. The number of amides is 3. The Balaban J connectivity index is 0.000000236. The summed E-state index contributed by atoms with van der Waals surface area (Å²) in [4.78, 5) is 35.8. The standard InChI is InChI=1S/C11H14N2O3S.C8H10/c12-8(14)6-13-10(15)9(17-11(13)16)7-4-2-1-3-5-7;1-7-5-3-4-6-8(7)2/h1-6H2,(H2,12,14);3-6H,1-2H3. The molecule has 1 aromatic carbocycles. The van der Waals surface area contributed by atoms with Gasteiger partial charge < -0.3 is 5.73 Å². The molecule has 3 rings (SSSR count). The average Bonchev–Trinajstić information content (AvgIpc) is 2.87. The fraction of sp³-hybridized carbons (Fsp3) is 0.421. The maximum absolute atomic E-state index is 12.0. The maximum atomic E-state index is 12.0. The summed E-state index contributed by atoms with van der Waals surface area (Å²) in [6.45, 7) is 3.92. The Morgan fingerprint density at radius 2 is 1.64 bits per heavy atom. The van der Waals surface area contributed by atoms with Crippen molar-refractivity contribution in [2.75, 3.05) is 6.54 Å². The zero-order chi connectivity index (χ0) is 18.4. The van der Waals surface area contributed by atoms with Crippen LogP contribution >= 0.6 is 11.8 Å². The summed E-state index contributed by atoms with van der Waals surface area (Å²) in [6.07, 6.45) is 5.07. The van der Waals surface area contributed by atoms with Gasteiger partial charge in [0.25, 0.3) is 11.1 Å². The van der Waals surface area contributed by atoms with E-state index in [0.717, 1.165) is 47.9 Å². The number of allylic oxidation sites excluding steroid dienone is 1. The zero-order valence-electron chi connectivity index (χ0n) is 14.7. The third-order valence-electron chi connectivity index (χ3n) is 4.37. The molecule has 5 nitrogen and oxygen atoms in total. The van der Waals surface area contributed by atoms with Gasteiger partial charge in [-0.25, -0.2) is 0 Å². The highest BCUT2D eigenvalue weighted by Crippen LogP contribution is 2.37. The van der Waals surface area contributed by atoms with E-state index in [2.05, 4.69) is 38.1 Å². The van der Waals surface area contributed by atoms with Gasteiger partial charge >= 0.3 is 0 Å². The molecule has 2 aliphatic rings. The van der Waals surface area contributed by atoms with Crippen molar-refractivity contribution in [2.24, 2.45) is 5.73 Å². The highest BCUT2D eigenvalue weighted by atomic mass is 32.2. The van der Waals surface area contributed by atoms with E-state index in [4.69, 9.17) is 5.73 Å². The van der Waals surface area contributed by atoms with Crippen molar-refractivity contribution in [3.05, 3.63) is 45.9 Å². The molecule has 1 heterocycles. The molecule has 1 aromatic rings. The van der Waals surface area contributed by atoms with E-state index in [1.165, 1.54) is 17.5 Å². The second kappa shape index (κ2) is 8.85. The van der Waals surface area contributed by atoms with Gasteiger partial charge in [-0.2, -0.15) is 0 Å². The number of carbonyl (C=O) groups excluding carboxylic acids is 3. The molecule has 2 fully saturated rings. The smallest absolute Gasteiger partial charge is 0.294 e. The lowest BCUT2D eigenvalue weighted by Crippen LogP contribution is -2.36.